The van der Waals surface area contributed by atoms with Gasteiger partial charge in [-0.2, -0.15) is 0 Å². The molecular formula is C13H8ClIO2S. The number of halogens is 2. The highest BCUT2D eigenvalue weighted by molar-refractivity contribution is 14.1. The van der Waals surface area contributed by atoms with E-state index in [0.717, 1.165) is 9.79 Å². The molecule has 0 aliphatic rings. The van der Waals surface area contributed by atoms with E-state index in [4.69, 9.17) is 16.7 Å². The van der Waals surface area contributed by atoms with Crippen molar-refractivity contribution in [1.29, 1.82) is 0 Å². The molecule has 0 bridgehead atoms. The summed E-state index contributed by atoms with van der Waals surface area (Å²) in [6.07, 6.45) is 0. The molecule has 0 aromatic heterocycles. The molecule has 5 heteroatoms. The molecular weight excluding hydrogens is 383 g/mol. The molecule has 2 nitrogen and oxygen atoms in total. The van der Waals surface area contributed by atoms with Crippen LogP contribution in [-0.2, 0) is 0 Å². The topological polar surface area (TPSA) is 37.3 Å². The zero-order valence-electron chi connectivity index (χ0n) is 9.06. The summed E-state index contributed by atoms with van der Waals surface area (Å²) in [6.45, 7) is 0. The highest BCUT2D eigenvalue weighted by Gasteiger charge is 2.08. The summed E-state index contributed by atoms with van der Waals surface area (Å²) in [6, 6.07) is 12.8. The quantitative estimate of drug-likeness (QED) is 0.765. The average molecular weight is 391 g/mol. The Morgan fingerprint density at radius 1 is 1.17 bits per heavy atom. The summed E-state index contributed by atoms with van der Waals surface area (Å²) in [5.74, 6) is -0.970. The van der Waals surface area contributed by atoms with E-state index in [-0.39, 0.29) is 5.56 Å². The fraction of sp³-hybridized carbons (Fsp3) is 0. The maximum Gasteiger partial charge on any atom is 0.335 e. The standard InChI is InChI=1S/C13H8ClIO2S/c14-11-7-8(13(16)17)1-6-12(11)18-10-4-2-9(15)3-5-10/h1-7H,(H,16,17). The van der Waals surface area contributed by atoms with Crippen molar-refractivity contribution in [3.8, 4) is 0 Å². The molecule has 0 unspecified atom stereocenters. The Bertz CT molecular complexity index is 584. The first kappa shape index (κ1) is 13.7. The van der Waals surface area contributed by atoms with Crippen LogP contribution in [0.4, 0.5) is 0 Å². The molecule has 0 aliphatic heterocycles. The minimum absolute atomic E-state index is 0.201. The molecule has 0 saturated heterocycles. The molecule has 2 rings (SSSR count). The van der Waals surface area contributed by atoms with Gasteiger partial charge in [-0.1, -0.05) is 23.4 Å². The van der Waals surface area contributed by atoms with E-state index in [2.05, 4.69) is 22.6 Å². The lowest BCUT2D eigenvalue weighted by atomic mass is 10.2. The molecule has 0 saturated carbocycles. The summed E-state index contributed by atoms with van der Waals surface area (Å²) in [5, 5.41) is 9.31. The van der Waals surface area contributed by atoms with Crippen molar-refractivity contribution in [1.82, 2.24) is 0 Å². The lowest BCUT2D eigenvalue weighted by Gasteiger charge is -2.05. The van der Waals surface area contributed by atoms with Crippen molar-refractivity contribution in [3.63, 3.8) is 0 Å². The van der Waals surface area contributed by atoms with Crippen molar-refractivity contribution >= 4 is 51.9 Å². The lowest BCUT2D eigenvalue weighted by molar-refractivity contribution is 0.0697. The van der Waals surface area contributed by atoms with E-state index in [0.29, 0.717) is 5.02 Å². The van der Waals surface area contributed by atoms with Crippen LogP contribution in [-0.4, -0.2) is 11.1 Å². The molecule has 0 spiro atoms. The molecule has 0 fully saturated rings. The summed E-state index contributed by atoms with van der Waals surface area (Å²) < 4.78 is 1.17. The van der Waals surface area contributed by atoms with Crippen molar-refractivity contribution in [2.75, 3.05) is 0 Å². The number of aromatic carboxylic acids is 1. The van der Waals surface area contributed by atoms with Crippen LogP contribution in [0.25, 0.3) is 0 Å². The van der Waals surface area contributed by atoms with Gasteiger partial charge in [0.05, 0.1) is 10.6 Å². The van der Waals surface area contributed by atoms with Gasteiger partial charge in [0.2, 0.25) is 0 Å². The second-order valence-corrected chi connectivity index (χ2v) is 6.27. The Balaban J connectivity index is 2.24. The molecule has 0 radical (unpaired) electrons. The molecule has 0 amide bonds. The van der Waals surface area contributed by atoms with Crippen LogP contribution < -0.4 is 0 Å². The Kier molecular flexibility index (Phi) is 4.53. The van der Waals surface area contributed by atoms with Crippen molar-refractivity contribution in [2.45, 2.75) is 9.79 Å². The third-order valence-electron chi connectivity index (χ3n) is 2.22. The van der Waals surface area contributed by atoms with Crippen LogP contribution >= 0.6 is 46.0 Å². The molecule has 0 aliphatic carbocycles. The van der Waals surface area contributed by atoms with Gasteiger partial charge in [0.15, 0.2) is 0 Å². The summed E-state index contributed by atoms with van der Waals surface area (Å²) in [5.41, 5.74) is 0.201. The van der Waals surface area contributed by atoms with E-state index >= 15 is 0 Å². The third kappa shape index (κ3) is 3.40. The number of carbonyl (C=O) groups is 1. The Morgan fingerprint density at radius 2 is 1.83 bits per heavy atom. The zero-order chi connectivity index (χ0) is 13.1. The van der Waals surface area contributed by atoms with Gasteiger partial charge in [-0.15, -0.1) is 0 Å². The summed E-state index contributed by atoms with van der Waals surface area (Å²) >= 11 is 9.83. The van der Waals surface area contributed by atoms with E-state index in [9.17, 15) is 4.79 Å². The smallest absolute Gasteiger partial charge is 0.335 e. The van der Waals surface area contributed by atoms with E-state index in [1.165, 1.54) is 21.4 Å². The first-order valence-electron chi connectivity index (χ1n) is 5.02. The molecule has 92 valence electrons. The van der Waals surface area contributed by atoms with Gasteiger partial charge >= 0.3 is 5.97 Å². The van der Waals surface area contributed by atoms with Gasteiger partial charge in [-0.25, -0.2) is 4.79 Å². The van der Waals surface area contributed by atoms with Gasteiger partial charge in [0.1, 0.15) is 0 Å². The highest BCUT2D eigenvalue weighted by Crippen LogP contribution is 2.34. The van der Waals surface area contributed by atoms with Crippen LogP contribution in [0.1, 0.15) is 10.4 Å². The third-order valence-corrected chi connectivity index (χ3v) is 4.45. The fourth-order valence-corrected chi connectivity index (χ4v) is 2.82. The van der Waals surface area contributed by atoms with Gasteiger partial charge in [-0.05, 0) is 65.1 Å². The predicted octanol–water partition coefficient (Wildman–Crippen LogP) is 4.79. The van der Waals surface area contributed by atoms with E-state index in [1.54, 1.807) is 12.1 Å². The number of benzene rings is 2. The Labute approximate surface area is 127 Å². The Morgan fingerprint density at radius 3 is 2.39 bits per heavy atom. The monoisotopic (exact) mass is 390 g/mol. The van der Waals surface area contributed by atoms with Crippen molar-refractivity contribution < 1.29 is 9.90 Å². The second-order valence-electron chi connectivity index (χ2n) is 3.51. The number of carboxylic acid groups (broad SMARTS) is 1. The van der Waals surface area contributed by atoms with Gasteiger partial charge in [0, 0.05) is 13.4 Å². The summed E-state index contributed by atoms with van der Waals surface area (Å²) in [7, 11) is 0. The van der Waals surface area contributed by atoms with Crippen LogP contribution in [0.2, 0.25) is 5.02 Å². The molecule has 2 aromatic rings. The van der Waals surface area contributed by atoms with Crippen molar-refractivity contribution in [3.05, 3.63) is 56.6 Å². The first-order valence-corrected chi connectivity index (χ1v) is 7.30. The molecule has 0 heterocycles. The Hall–Kier alpha value is -0.720. The first-order chi connectivity index (χ1) is 8.56. The minimum Gasteiger partial charge on any atom is -0.478 e. The van der Waals surface area contributed by atoms with E-state index < -0.39 is 5.97 Å². The SMILES string of the molecule is O=C(O)c1ccc(Sc2ccc(I)cc2)c(Cl)c1. The van der Waals surface area contributed by atoms with Crippen LogP contribution in [0.5, 0.6) is 0 Å². The maximum atomic E-state index is 10.8. The summed E-state index contributed by atoms with van der Waals surface area (Å²) in [4.78, 5) is 12.7. The van der Waals surface area contributed by atoms with E-state index in [1.807, 2.05) is 24.3 Å². The highest BCUT2D eigenvalue weighted by atomic mass is 127. The predicted molar refractivity (Wildman–Crippen MR) is 81.7 cm³/mol. The number of hydrogen-bond donors (Lipinski definition) is 1. The zero-order valence-corrected chi connectivity index (χ0v) is 12.8. The maximum absolute atomic E-state index is 10.8. The normalized spacial score (nSPS) is 10.3. The molecule has 18 heavy (non-hydrogen) atoms. The molecule has 0 atom stereocenters. The number of rotatable bonds is 3. The minimum atomic E-state index is -0.970. The van der Waals surface area contributed by atoms with Crippen molar-refractivity contribution in [2.24, 2.45) is 0 Å². The number of carboxylic acids is 1. The second kappa shape index (κ2) is 5.95. The molecule has 2 aromatic carbocycles. The lowest BCUT2D eigenvalue weighted by Crippen LogP contribution is -1.95. The van der Waals surface area contributed by atoms with Crippen LogP contribution in [0, 0.1) is 3.57 Å². The number of hydrogen-bond acceptors (Lipinski definition) is 2. The molecule has 1 N–H and O–H groups in total. The average Bonchev–Trinajstić information content (AvgIpc) is 2.34. The van der Waals surface area contributed by atoms with Gasteiger partial charge in [-0.3, -0.25) is 0 Å². The largest absolute Gasteiger partial charge is 0.478 e. The van der Waals surface area contributed by atoms with Crippen LogP contribution in [0.15, 0.2) is 52.3 Å². The fourth-order valence-electron chi connectivity index (χ4n) is 1.35. The van der Waals surface area contributed by atoms with Gasteiger partial charge in [0.25, 0.3) is 0 Å². The van der Waals surface area contributed by atoms with Gasteiger partial charge < -0.3 is 5.11 Å². The van der Waals surface area contributed by atoms with Crippen LogP contribution in [0.3, 0.4) is 0 Å².